The molecule has 0 spiro atoms. The van der Waals surface area contributed by atoms with Crippen molar-refractivity contribution in [3.63, 3.8) is 0 Å². The van der Waals surface area contributed by atoms with E-state index in [9.17, 15) is 0 Å². The van der Waals surface area contributed by atoms with Gasteiger partial charge in [0.2, 0.25) is 0 Å². The zero-order valence-corrected chi connectivity index (χ0v) is 7.69. The van der Waals surface area contributed by atoms with E-state index in [1.165, 1.54) is 32.2 Å². The van der Waals surface area contributed by atoms with Crippen LogP contribution in [0.3, 0.4) is 0 Å². The number of rotatable bonds is 0. The molecule has 2 unspecified atom stereocenters. The fourth-order valence-electron chi connectivity index (χ4n) is 2.96. The van der Waals surface area contributed by atoms with E-state index in [0.717, 1.165) is 12.0 Å². The van der Waals surface area contributed by atoms with E-state index >= 15 is 0 Å². The third-order valence-corrected chi connectivity index (χ3v) is 3.59. The average molecular weight is 153 g/mol. The highest BCUT2D eigenvalue weighted by Gasteiger charge is 2.40. The van der Waals surface area contributed by atoms with Crippen LogP contribution in [0, 0.1) is 11.3 Å². The molecule has 1 N–H and O–H groups in total. The molecule has 2 aliphatic rings. The van der Waals surface area contributed by atoms with Crippen LogP contribution in [0.5, 0.6) is 0 Å². The SMILES string of the molecule is CC1(C)CCCC2CCNC21. The lowest BCUT2D eigenvalue weighted by Gasteiger charge is -2.40. The van der Waals surface area contributed by atoms with Gasteiger partial charge in [0.25, 0.3) is 0 Å². The van der Waals surface area contributed by atoms with Gasteiger partial charge in [0.05, 0.1) is 0 Å². The molecule has 2 fully saturated rings. The summed E-state index contributed by atoms with van der Waals surface area (Å²) in [5, 5.41) is 3.65. The maximum absolute atomic E-state index is 3.65. The Hall–Kier alpha value is -0.0400. The van der Waals surface area contributed by atoms with Crippen molar-refractivity contribution < 1.29 is 0 Å². The summed E-state index contributed by atoms with van der Waals surface area (Å²) in [5.74, 6) is 0.999. The summed E-state index contributed by atoms with van der Waals surface area (Å²) < 4.78 is 0. The lowest BCUT2D eigenvalue weighted by atomic mass is 9.69. The van der Waals surface area contributed by atoms with Crippen LogP contribution in [0.15, 0.2) is 0 Å². The summed E-state index contributed by atoms with van der Waals surface area (Å²) in [6.45, 7) is 6.10. The normalized spacial score (nSPS) is 42.0. The molecule has 0 radical (unpaired) electrons. The van der Waals surface area contributed by atoms with Crippen molar-refractivity contribution in [3.05, 3.63) is 0 Å². The first-order chi connectivity index (χ1) is 5.20. The Kier molecular flexibility index (Phi) is 1.71. The molecule has 1 heterocycles. The fourth-order valence-corrected chi connectivity index (χ4v) is 2.96. The molecule has 0 aromatic rings. The molecule has 2 rings (SSSR count). The average Bonchev–Trinajstić information content (AvgIpc) is 2.34. The van der Waals surface area contributed by atoms with Crippen molar-refractivity contribution in [1.29, 1.82) is 0 Å². The molecule has 1 saturated heterocycles. The molecule has 1 heteroatoms. The maximum Gasteiger partial charge on any atom is 0.0147 e. The standard InChI is InChI=1S/C10H19N/c1-10(2)6-3-4-8-5-7-11-9(8)10/h8-9,11H,3-7H2,1-2H3. The third-order valence-electron chi connectivity index (χ3n) is 3.59. The Morgan fingerprint density at radius 2 is 2.09 bits per heavy atom. The van der Waals surface area contributed by atoms with Gasteiger partial charge >= 0.3 is 0 Å². The minimum absolute atomic E-state index is 0.569. The van der Waals surface area contributed by atoms with Gasteiger partial charge in [0, 0.05) is 6.04 Å². The first-order valence-electron chi connectivity index (χ1n) is 4.93. The summed E-state index contributed by atoms with van der Waals surface area (Å²) in [5.41, 5.74) is 0.569. The third kappa shape index (κ3) is 1.20. The first kappa shape index (κ1) is 7.60. The number of hydrogen-bond donors (Lipinski definition) is 1. The predicted octanol–water partition coefficient (Wildman–Crippen LogP) is 2.17. The largest absolute Gasteiger partial charge is 0.313 e. The zero-order valence-electron chi connectivity index (χ0n) is 7.69. The predicted molar refractivity (Wildman–Crippen MR) is 47.5 cm³/mol. The monoisotopic (exact) mass is 153 g/mol. The molecule has 0 aromatic heterocycles. The molecule has 0 aromatic carbocycles. The second-order valence-corrected chi connectivity index (χ2v) is 4.86. The Balaban J connectivity index is 2.13. The van der Waals surface area contributed by atoms with E-state index in [4.69, 9.17) is 0 Å². The molecular formula is C10H19N. The van der Waals surface area contributed by atoms with Gasteiger partial charge in [-0.1, -0.05) is 20.3 Å². The second kappa shape index (κ2) is 2.48. The summed E-state index contributed by atoms with van der Waals surface area (Å²) in [6, 6.07) is 0.830. The van der Waals surface area contributed by atoms with Crippen LogP contribution < -0.4 is 5.32 Å². The van der Waals surface area contributed by atoms with E-state index in [1.807, 2.05) is 0 Å². The van der Waals surface area contributed by atoms with Crippen LogP contribution in [0.2, 0.25) is 0 Å². The maximum atomic E-state index is 3.65. The Morgan fingerprint density at radius 1 is 1.27 bits per heavy atom. The van der Waals surface area contributed by atoms with Crippen molar-refractivity contribution in [1.82, 2.24) is 5.32 Å². The molecule has 0 amide bonds. The van der Waals surface area contributed by atoms with E-state index in [2.05, 4.69) is 19.2 Å². The minimum Gasteiger partial charge on any atom is -0.313 e. The van der Waals surface area contributed by atoms with Crippen LogP contribution in [-0.4, -0.2) is 12.6 Å². The van der Waals surface area contributed by atoms with Crippen molar-refractivity contribution in [3.8, 4) is 0 Å². The highest BCUT2D eigenvalue weighted by Crippen LogP contribution is 2.42. The van der Waals surface area contributed by atoms with Crippen molar-refractivity contribution in [2.24, 2.45) is 11.3 Å². The van der Waals surface area contributed by atoms with Gasteiger partial charge < -0.3 is 5.32 Å². The molecule has 0 bridgehead atoms. The van der Waals surface area contributed by atoms with Crippen LogP contribution in [0.4, 0.5) is 0 Å². The summed E-state index contributed by atoms with van der Waals surface area (Å²) >= 11 is 0. The summed E-state index contributed by atoms with van der Waals surface area (Å²) in [4.78, 5) is 0. The van der Waals surface area contributed by atoms with Gasteiger partial charge in [-0.25, -0.2) is 0 Å². The van der Waals surface area contributed by atoms with Gasteiger partial charge in [-0.3, -0.25) is 0 Å². The topological polar surface area (TPSA) is 12.0 Å². The highest BCUT2D eigenvalue weighted by atomic mass is 15.0. The van der Waals surface area contributed by atoms with Crippen LogP contribution in [0.25, 0.3) is 0 Å². The lowest BCUT2D eigenvalue weighted by Crippen LogP contribution is -2.44. The van der Waals surface area contributed by atoms with Gasteiger partial charge in [-0.2, -0.15) is 0 Å². The van der Waals surface area contributed by atoms with Gasteiger partial charge in [-0.05, 0) is 37.1 Å². The van der Waals surface area contributed by atoms with Gasteiger partial charge in [-0.15, -0.1) is 0 Å². The van der Waals surface area contributed by atoms with Crippen LogP contribution in [0.1, 0.15) is 39.5 Å². The smallest absolute Gasteiger partial charge is 0.0147 e. The van der Waals surface area contributed by atoms with Crippen LogP contribution in [-0.2, 0) is 0 Å². The molecule has 64 valence electrons. The van der Waals surface area contributed by atoms with Gasteiger partial charge in [0.15, 0.2) is 0 Å². The van der Waals surface area contributed by atoms with Gasteiger partial charge in [0.1, 0.15) is 0 Å². The van der Waals surface area contributed by atoms with E-state index < -0.39 is 0 Å². The molecular weight excluding hydrogens is 134 g/mol. The second-order valence-electron chi connectivity index (χ2n) is 4.86. The zero-order chi connectivity index (χ0) is 7.90. The fraction of sp³-hybridized carbons (Fsp3) is 1.00. The molecule has 1 aliphatic carbocycles. The first-order valence-corrected chi connectivity index (χ1v) is 4.93. The lowest BCUT2D eigenvalue weighted by molar-refractivity contribution is 0.143. The minimum atomic E-state index is 0.569. The van der Waals surface area contributed by atoms with Crippen molar-refractivity contribution in [2.75, 3.05) is 6.54 Å². The van der Waals surface area contributed by atoms with E-state index in [1.54, 1.807) is 0 Å². The number of hydrogen-bond acceptors (Lipinski definition) is 1. The summed E-state index contributed by atoms with van der Waals surface area (Å²) in [6.07, 6.45) is 5.77. The quantitative estimate of drug-likeness (QED) is 0.562. The number of fused-ring (bicyclic) bond motifs is 1. The Labute approximate surface area is 69.6 Å². The summed E-state index contributed by atoms with van der Waals surface area (Å²) in [7, 11) is 0. The molecule has 2 atom stereocenters. The van der Waals surface area contributed by atoms with Crippen LogP contribution >= 0.6 is 0 Å². The Morgan fingerprint density at radius 3 is 2.82 bits per heavy atom. The van der Waals surface area contributed by atoms with E-state index in [-0.39, 0.29) is 0 Å². The van der Waals surface area contributed by atoms with Crippen molar-refractivity contribution in [2.45, 2.75) is 45.6 Å². The number of nitrogens with one attached hydrogen (secondary N) is 1. The van der Waals surface area contributed by atoms with Crippen molar-refractivity contribution >= 4 is 0 Å². The molecule has 1 saturated carbocycles. The molecule has 11 heavy (non-hydrogen) atoms. The molecule has 1 nitrogen and oxygen atoms in total. The molecule has 1 aliphatic heterocycles. The Bertz CT molecular complexity index is 151. The van der Waals surface area contributed by atoms with E-state index in [0.29, 0.717) is 5.41 Å². The highest BCUT2D eigenvalue weighted by molar-refractivity contribution is 4.96.